The quantitative estimate of drug-likeness (QED) is 0.503. The number of carbonyl (C=O) groups is 1. The molecule has 0 saturated carbocycles. The number of amides is 1. The fourth-order valence-electron chi connectivity index (χ4n) is 1.82. The van der Waals surface area contributed by atoms with Crippen molar-refractivity contribution in [2.24, 2.45) is 0 Å². The van der Waals surface area contributed by atoms with Gasteiger partial charge in [-0.1, -0.05) is 18.2 Å². The van der Waals surface area contributed by atoms with Crippen LogP contribution in [0.15, 0.2) is 49.6 Å². The lowest BCUT2D eigenvalue weighted by molar-refractivity contribution is -0.128. The molecule has 1 N–H and O–H groups in total. The van der Waals surface area contributed by atoms with E-state index < -0.39 is 0 Å². The van der Waals surface area contributed by atoms with Crippen LogP contribution < -0.4 is 10.1 Å². The van der Waals surface area contributed by atoms with Gasteiger partial charge in [0, 0.05) is 32.0 Å². The maximum Gasteiger partial charge on any atom is 0.242 e. The average molecular weight is 304 g/mol. The molecular formula is C17H24N2O3. The molecule has 120 valence electrons. The van der Waals surface area contributed by atoms with Crippen molar-refractivity contribution in [1.29, 1.82) is 0 Å². The second kappa shape index (κ2) is 10.5. The molecule has 0 unspecified atom stereocenters. The number of nitrogens with zero attached hydrogens (tertiary/aromatic N) is 1. The lowest BCUT2D eigenvalue weighted by Crippen LogP contribution is -2.35. The second-order valence-electron chi connectivity index (χ2n) is 4.60. The Morgan fingerprint density at radius 3 is 2.64 bits per heavy atom. The summed E-state index contributed by atoms with van der Waals surface area (Å²) < 4.78 is 10.5. The van der Waals surface area contributed by atoms with E-state index in [9.17, 15) is 4.79 Å². The lowest BCUT2D eigenvalue weighted by Gasteiger charge is -2.19. The first kappa shape index (κ1) is 17.8. The largest absolute Gasteiger partial charge is 0.491 e. The van der Waals surface area contributed by atoms with Crippen molar-refractivity contribution >= 4 is 11.6 Å². The van der Waals surface area contributed by atoms with Gasteiger partial charge in [-0.05, 0) is 12.1 Å². The first-order valence-electron chi connectivity index (χ1n) is 7.16. The van der Waals surface area contributed by atoms with Gasteiger partial charge >= 0.3 is 0 Å². The maximum atomic E-state index is 12.1. The Morgan fingerprint density at radius 2 is 2.00 bits per heavy atom. The number of benzene rings is 1. The summed E-state index contributed by atoms with van der Waals surface area (Å²) >= 11 is 0. The van der Waals surface area contributed by atoms with Crippen molar-refractivity contribution in [2.45, 2.75) is 0 Å². The van der Waals surface area contributed by atoms with E-state index in [4.69, 9.17) is 9.47 Å². The molecule has 1 amide bonds. The van der Waals surface area contributed by atoms with Crippen LogP contribution in [0.5, 0.6) is 5.75 Å². The predicted molar refractivity (Wildman–Crippen MR) is 89.3 cm³/mol. The third-order valence-corrected chi connectivity index (χ3v) is 2.89. The van der Waals surface area contributed by atoms with Crippen molar-refractivity contribution in [3.05, 3.63) is 49.6 Å². The van der Waals surface area contributed by atoms with Gasteiger partial charge in [0.15, 0.2) is 0 Å². The van der Waals surface area contributed by atoms with Gasteiger partial charge in [0.1, 0.15) is 12.4 Å². The van der Waals surface area contributed by atoms with E-state index in [1.54, 1.807) is 24.2 Å². The van der Waals surface area contributed by atoms with Crippen LogP contribution in [0, 0.1) is 0 Å². The Bertz CT molecular complexity index is 479. The van der Waals surface area contributed by atoms with Crippen molar-refractivity contribution in [3.63, 3.8) is 0 Å². The highest BCUT2D eigenvalue weighted by atomic mass is 16.5. The molecule has 1 aromatic rings. The molecule has 0 aliphatic rings. The van der Waals surface area contributed by atoms with Gasteiger partial charge in [0.25, 0.3) is 0 Å². The molecule has 1 rings (SSSR count). The first-order valence-corrected chi connectivity index (χ1v) is 7.16. The first-order chi connectivity index (χ1) is 10.7. The number of anilines is 1. The summed E-state index contributed by atoms with van der Waals surface area (Å²) in [5.41, 5.74) is 0.834. The van der Waals surface area contributed by atoms with Crippen LogP contribution in [0.25, 0.3) is 0 Å². The van der Waals surface area contributed by atoms with Gasteiger partial charge in [-0.15, -0.1) is 13.2 Å². The topological polar surface area (TPSA) is 50.8 Å². The molecule has 0 aliphatic carbocycles. The zero-order chi connectivity index (χ0) is 16.2. The standard InChI is InChI=1S/C17H24N2O3/c1-4-9-19(10-5-2)17(20)14-18-15-7-6-8-16(13-15)22-12-11-21-3/h4-8,13,18H,1-2,9-12,14H2,3H3. The number of carbonyl (C=O) groups excluding carboxylic acids is 1. The molecule has 0 bridgehead atoms. The van der Waals surface area contributed by atoms with Crippen molar-refractivity contribution in [1.82, 2.24) is 4.90 Å². The van der Waals surface area contributed by atoms with Crippen LogP contribution in [0.4, 0.5) is 5.69 Å². The highest BCUT2D eigenvalue weighted by Crippen LogP contribution is 2.17. The highest BCUT2D eigenvalue weighted by molar-refractivity contribution is 5.81. The number of ether oxygens (including phenoxy) is 2. The van der Waals surface area contributed by atoms with E-state index >= 15 is 0 Å². The molecule has 0 heterocycles. The van der Waals surface area contributed by atoms with E-state index in [-0.39, 0.29) is 12.5 Å². The second-order valence-corrected chi connectivity index (χ2v) is 4.60. The number of methoxy groups -OCH3 is 1. The molecule has 0 atom stereocenters. The lowest BCUT2D eigenvalue weighted by atomic mass is 10.3. The van der Waals surface area contributed by atoms with Crippen LogP contribution >= 0.6 is 0 Å². The molecule has 5 nitrogen and oxygen atoms in total. The third-order valence-electron chi connectivity index (χ3n) is 2.89. The Morgan fingerprint density at radius 1 is 1.27 bits per heavy atom. The van der Waals surface area contributed by atoms with Gasteiger partial charge in [-0.2, -0.15) is 0 Å². The summed E-state index contributed by atoms with van der Waals surface area (Å²) in [7, 11) is 1.63. The zero-order valence-electron chi connectivity index (χ0n) is 13.1. The molecule has 0 fully saturated rings. The van der Waals surface area contributed by atoms with Crippen molar-refractivity contribution in [2.75, 3.05) is 45.3 Å². The Labute approximate surface area is 132 Å². The zero-order valence-corrected chi connectivity index (χ0v) is 13.1. The average Bonchev–Trinajstić information content (AvgIpc) is 2.53. The number of hydrogen-bond donors (Lipinski definition) is 1. The molecule has 0 saturated heterocycles. The van der Waals surface area contributed by atoms with Crippen LogP contribution in [-0.2, 0) is 9.53 Å². The smallest absolute Gasteiger partial charge is 0.242 e. The van der Waals surface area contributed by atoms with Crippen LogP contribution in [0.2, 0.25) is 0 Å². The van der Waals surface area contributed by atoms with E-state index in [0.29, 0.717) is 26.3 Å². The van der Waals surface area contributed by atoms with Crippen LogP contribution in [0.3, 0.4) is 0 Å². The monoisotopic (exact) mass is 304 g/mol. The van der Waals surface area contributed by atoms with Crippen LogP contribution in [-0.4, -0.2) is 50.8 Å². The Kier molecular flexibility index (Phi) is 8.45. The minimum atomic E-state index is -0.00879. The molecular weight excluding hydrogens is 280 g/mol. The van der Waals surface area contributed by atoms with Crippen molar-refractivity contribution in [3.8, 4) is 5.75 Å². The SMILES string of the molecule is C=CCN(CC=C)C(=O)CNc1cccc(OCCOC)c1. The fraction of sp³-hybridized carbons (Fsp3) is 0.353. The minimum Gasteiger partial charge on any atom is -0.491 e. The van der Waals surface area contributed by atoms with Crippen LogP contribution in [0.1, 0.15) is 0 Å². The van der Waals surface area contributed by atoms with E-state index in [2.05, 4.69) is 18.5 Å². The molecule has 0 aromatic heterocycles. The maximum absolute atomic E-state index is 12.1. The van der Waals surface area contributed by atoms with Gasteiger partial charge in [-0.25, -0.2) is 0 Å². The summed E-state index contributed by atoms with van der Waals surface area (Å²) in [6, 6.07) is 7.49. The molecule has 0 aliphatic heterocycles. The Balaban J connectivity index is 2.52. The summed E-state index contributed by atoms with van der Waals surface area (Å²) in [4.78, 5) is 13.8. The van der Waals surface area contributed by atoms with Gasteiger partial charge < -0.3 is 19.7 Å². The van der Waals surface area contributed by atoms with Gasteiger partial charge in [0.05, 0.1) is 13.2 Å². The minimum absolute atomic E-state index is 0.00879. The molecule has 1 aromatic carbocycles. The Hall–Kier alpha value is -2.27. The molecule has 0 radical (unpaired) electrons. The highest BCUT2D eigenvalue weighted by Gasteiger charge is 2.10. The van der Waals surface area contributed by atoms with Gasteiger partial charge in [-0.3, -0.25) is 4.79 Å². The summed E-state index contributed by atoms with van der Waals surface area (Å²) in [6.45, 7) is 9.56. The summed E-state index contributed by atoms with van der Waals surface area (Å²) in [5.74, 6) is 0.731. The van der Waals surface area contributed by atoms with E-state index in [0.717, 1.165) is 11.4 Å². The predicted octanol–water partition coefficient (Wildman–Crippen LogP) is 2.32. The summed E-state index contributed by atoms with van der Waals surface area (Å²) in [6.07, 6.45) is 3.40. The number of rotatable bonds is 11. The van der Waals surface area contributed by atoms with Crippen molar-refractivity contribution < 1.29 is 14.3 Å². The normalized spacial score (nSPS) is 9.86. The summed E-state index contributed by atoms with van der Waals surface area (Å²) in [5, 5.41) is 3.10. The molecule has 5 heteroatoms. The molecule has 22 heavy (non-hydrogen) atoms. The van der Waals surface area contributed by atoms with E-state index in [1.165, 1.54) is 0 Å². The fourth-order valence-corrected chi connectivity index (χ4v) is 1.82. The number of hydrogen-bond acceptors (Lipinski definition) is 4. The van der Waals surface area contributed by atoms with Gasteiger partial charge in [0.2, 0.25) is 5.91 Å². The molecule has 0 spiro atoms. The van der Waals surface area contributed by atoms with E-state index in [1.807, 2.05) is 24.3 Å². The third kappa shape index (κ3) is 6.45. The number of nitrogens with one attached hydrogen (secondary N) is 1.